The number of fused-ring (bicyclic) bond motifs is 1. The van der Waals surface area contributed by atoms with Crippen molar-refractivity contribution < 1.29 is 17.6 Å². The lowest BCUT2D eigenvalue weighted by atomic mass is 10.0. The van der Waals surface area contributed by atoms with Crippen molar-refractivity contribution >= 4 is 33.4 Å². The molecule has 0 aliphatic rings. The van der Waals surface area contributed by atoms with Gasteiger partial charge in [0, 0.05) is 40.2 Å². The number of pyridine rings is 2. The summed E-state index contributed by atoms with van der Waals surface area (Å²) in [5.41, 5.74) is 2.57. The van der Waals surface area contributed by atoms with Crippen LogP contribution < -0.4 is 0 Å². The van der Waals surface area contributed by atoms with Crippen LogP contribution in [0.3, 0.4) is 0 Å². The van der Waals surface area contributed by atoms with Crippen LogP contribution in [0.5, 0.6) is 0 Å². The molecule has 0 saturated heterocycles. The number of thiazole rings is 1. The number of benzene rings is 1. The van der Waals surface area contributed by atoms with Gasteiger partial charge >= 0.3 is 6.18 Å². The average Bonchev–Trinajstić information content (AvgIpc) is 3.10. The molecule has 4 aromatic rings. The second-order valence-electron chi connectivity index (χ2n) is 6.31. The molecule has 0 N–H and O–H groups in total. The highest BCUT2D eigenvalue weighted by Gasteiger charge is 2.27. The summed E-state index contributed by atoms with van der Waals surface area (Å²) < 4.78 is 52.3. The van der Waals surface area contributed by atoms with E-state index >= 15 is 0 Å². The minimum atomic E-state index is -4.30. The Hall–Kier alpha value is -2.52. The highest BCUT2D eigenvalue weighted by molar-refractivity contribution is 7.99. The van der Waals surface area contributed by atoms with Crippen molar-refractivity contribution in [3.63, 3.8) is 0 Å². The van der Waals surface area contributed by atoms with E-state index in [1.165, 1.54) is 29.7 Å². The molecule has 3 nitrogen and oxygen atoms in total. The van der Waals surface area contributed by atoms with Crippen molar-refractivity contribution in [1.29, 1.82) is 0 Å². The van der Waals surface area contributed by atoms with Crippen molar-refractivity contribution in [1.82, 2.24) is 15.0 Å². The molecule has 0 aliphatic heterocycles. The number of halogens is 4. The number of rotatable bonds is 4. The Morgan fingerprint density at radius 3 is 2.66 bits per heavy atom. The van der Waals surface area contributed by atoms with Gasteiger partial charge in [-0.2, -0.15) is 13.2 Å². The molecule has 29 heavy (non-hydrogen) atoms. The van der Waals surface area contributed by atoms with E-state index in [4.69, 9.17) is 0 Å². The molecule has 1 aromatic carbocycles. The fraction of sp³-hybridized carbons (Fsp3) is 0.150. The van der Waals surface area contributed by atoms with Crippen LogP contribution in [0, 0.1) is 12.7 Å². The lowest BCUT2D eigenvalue weighted by molar-refractivity contribution is -0.105. The Morgan fingerprint density at radius 2 is 1.93 bits per heavy atom. The van der Waals surface area contributed by atoms with Gasteiger partial charge in [0.25, 0.3) is 0 Å². The summed E-state index contributed by atoms with van der Waals surface area (Å²) in [5.74, 6) is -1.54. The van der Waals surface area contributed by atoms with E-state index < -0.39 is 17.7 Å². The monoisotopic (exact) mass is 435 g/mol. The summed E-state index contributed by atoms with van der Waals surface area (Å²) >= 11 is 2.03. The second kappa shape index (κ2) is 7.72. The third-order valence-corrected chi connectivity index (χ3v) is 6.37. The molecule has 0 amide bonds. The molecule has 9 heteroatoms. The summed E-state index contributed by atoms with van der Waals surface area (Å²) in [6.07, 6.45) is 0.582. The van der Waals surface area contributed by atoms with E-state index in [0.29, 0.717) is 38.1 Å². The fourth-order valence-electron chi connectivity index (χ4n) is 2.77. The zero-order chi connectivity index (χ0) is 20.6. The first kappa shape index (κ1) is 19.8. The number of nitrogens with zero attached hydrogens (tertiary/aromatic N) is 3. The SMILES string of the molecule is Cc1cc(F)c(-c2cnc3sc(-c4cccnc4)nc3c2)cc1SCC(F)(F)F. The smallest absolute Gasteiger partial charge is 0.264 e. The molecular weight excluding hydrogens is 422 g/mol. The molecule has 0 aliphatic carbocycles. The zero-order valence-electron chi connectivity index (χ0n) is 15.0. The van der Waals surface area contributed by atoms with Gasteiger partial charge in [0.1, 0.15) is 21.2 Å². The molecule has 0 spiro atoms. The summed E-state index contributed by atoms with van der Waals surface area (Å²) in [7, 11) is 0. The minimum absolute atomic E-state index is 0.200. The van der Waals surface area contributed by atoms with Crippen molar-refractivity contribution in [2.24, 2.45) is 0 Å². The van der Waals surface area contributed by atoms with Crippen LogP contribution in [0.2, 0.25) is 0 Å². The van der Waals surface area contributed by atoms with Crippen molar-refractivity contribution in [3.05, 3.63) is 60.3 Å². The van der Waals surface area contributed by atoms with E-state index in [0.717, 1.165) is 10.6 Å². The van der Waals surface area contributed by atoms with Gasteiger partial charge in [0.15, 0.2) is 0 Å². The quantitative estimate of drug-likeness (QED) is 0.270. The highest BCUT2D eigenvalue weighted by atomic mass is 32.2. The molecule has 3 heterocycles. The van der Waals surface area contributed by atoms with Gasteiger partial charge in [-0.1, -0.05) is 11.3 Å². The predicted molar refractivity (Wildman–Crippen MR) is 108 cm³/mol. The molecule has 0 fully saturated rings. The Balaban J connectivity index is 1.72. The average molecular weight is 435 g/mol. The molecule has 0 saturated carbocycles. The van der Waals surface area contributed by atoms with Crippen LogP contribution in [-0.2, 0) is 0 Å². The lowest BCUT2D eigenvalue weighted by Crippen LogP contribution is -2.10. The zero-order valence-corrected chi connectivity index (χ0v) is 16.6. The van der Waals surface area contributed by atoms with Gasteiger partial charge in [-0.3, -0.25) is 4.98 Å². The first-order valence-electron chi connectivity index (χ1n) is 8.47. The number of hydrogen-bond acceptors (Lipinski definition) is 5. The van der Waals surface area contributed by atoms with Gasteiger partial charge < -0.3 is 0 Å². The molecule has 3 aromatic heterocycles. The normalized spacial score (nSPS) is 11.9. The van der Waals surface area contributed by atoms with Gasteiger partial charge in [-0.05, 0) is 42.8 Å². The molecule has 148 valence electrons. The summed E-state index contributed by atoms with van der Waals surface area (Å²) in [6.45, 7) is 1.59. The topological polar surface area (TPSA) is 38.7 Å². The first-order valence-corrected chi connectivity index (χ1v) is 10.3. The summed E-state index contributed by atoms with van der Waals surface area (Å²) in [5, 5.41) is 0.739. The Labute approximate surface area is 171 Å². The molecule has 0 atom stereocenters. The molecule has 4 rings (SSSR count). The second-order valence-corrected chi connectivity index (χ2v) is 8.31. The fourth-order valence-corrected chi connectivity index (χ4v) is 4.46. The van der Waals surface area contributed by atoms with Crippen LogP contribution in [0.15, 0.2) is 53.8 Å². The Morgan fingerprint density at radius 1 is 1.10 bits per heavy atom. The standard InChI is InChI=1S/C20H13F4N3S2/c1-11-5-15(21)14(7-17(11)28-10-20(22,23)24)13-6-16-19(26-9-13)29-18(27-16)12-3-2-4-25-8-12/h2-9H,10H2,1H3. The van der Waals surface area contributed by atoms with Gasteiger partial charge in [0.05, 0.1) is 5.75 Å². The number of aromatic nitrogens is 3. The van der Waals surface area contributed by atoms with Gasteiger partial charge in [-0.15, -0.1) is 11.8 Å². The Kier molecular flexibility index (Phi) is 5.26. The molecular formula is C20H13F4N3S2. The molecule has 0 bridgehead atoms. The van der Waals surface area contributed by atoms with Crippen LogP contribution in [0.1, 0.15) is 5.56 Å². The van der Waals surface area contributed by atoms with E-state index in [1.54, 1.807) is 25.4 Å². The maximum absolute atomic E-state index is 14.6. The number of thioether (sulfide) groups is 1. The highest BCUT2D eigenvalue weighted by Crippen LogP contribution is 2.36. The Bertz CT molecular complexity index is 1170. The lowest BCUT2D eigenvalue weighted by Gasteiger charge is -2.11. The van der Waals surface area contributed by atoms with Crippen LogP contribution in [-0.4, -0.2) is 26.9 Å². The summed E-state index contributed by atoms with van der Waals surface area (Å²) in [4.78, 5) is 14.1. The van der Waals surface area contributed by atoms with E-state index in [2.05, 4.69) is 15.0 Å². The maximum Gasteiger partial charge on any atom is 0.398 e. The molecule has 0 unspecified atom stereocenters. The van der Waals surface area contributed by atoms with Crippen LogP contribution in [0.25, 0.3) is 32.0 Å². The summed E-state index contributed by atoms with van der Waals surface area (Å²) in [6, 6.07) is 8.08. The minimum Gasteiger partial charge on any atom is -0.264 e. The van der Waals surface area contributed by atoms with Crippen molar-refractivity contribution in [2.45, 2.75) is 18.0 Å². The third kappa shape index (κ3) is 4.40. The molecule has 0 radical (unpaired) electrons. The van der Waals surface area contributed by atoms with Gasteiger partial charge in [-0.25, -0.2) is 14.4 Å². The van der Waals surface area contributed by atoms with E-state index in [9.17, 15) is 17.6 Å². The van der Waals surface area contributed by atoms with E-state index in [-0.39, 0.29) is 5.56 Å². The maximum atomic E-state index is 14.6. The number of hydrogen-bond donors (Lipinski definition) is 0. The number of aryl methyl sites for hydroxylation is 1. The predicted octanol–water partition coefficient (Wildman–Crippen LogP) is 6.52. The van der Waals surface area contributed by atoms with Gasteiger partial charge in [0.2, 0.25) is 0 Å². The first-order chi connectivity index (χ1) is 13.8. The van der Waals surface area contributed by atoms with Crippen molar-refractivity contribution in [3.8, 4) is 21.7 Å². The third-order valence-electron chi connectivity index (χ3n) is 4.12. The number of alkyl halides is 3. The van der Waals surface area contributed by atoms with Crippen LogP contribution >= 0.6 is 23.1 Å². The van der Waals surface area contributed by atoms with Crippen LogP contribution in [0.4, 0.5) is 17.6 Å². The van der Waals surface area contributed by atoms with Crippen molar-refractivity contribution in [2.75, 3.05) is 5.75 Å². The van der Waals surface area contributed by atoms with E-state index in [1.807, 2.05) is 12.1 Å². The largest absolute Gasteiger partial charge is 0.398 e.